The summed E-state index contributed by atoms with van der Waals surface area (Å²) in [6.07, 6.45) is 0.487. The second-order valence-electron chi connectivity index (χ2n) is 3.92. The molecule has 0 aromatic heterocycles. The van der Waals surface area contributed by atoms with Crippen LogP contribution in [0.1, 0.15) is 20.3 Å². The molecule has 0 amide bonds. The summed E-state index contributed by atoms with van der Waals surface area (Å²) < 4.78 is 4.67. The molecule has 4 nitrogen and oxygen atoms in total. The summed E-state index contributed by atoms with van der Waals surface area (Å²) in [5.41, 5.74) is 0. The van der Waals surface area contributed by atoms with E-state index < -0.39 is 0 Å². The van der Waals surface area contributed by atoms with Crippen molar-refractivity contribution in [2.45, 2.75) is 32.4 Å². The summed E-state index contributed by atoms with van der Waals surface area (Å²) in [7, 11) is 1.44. The molecule has 0 bridgehead atoms. The van der Waals surface area contributed by atoms with Crippen LogP contribution < -0.4 is 5.32 Å². The number of hydrogen-bond acceptors (Lipinski definition) is 4. The number of esters is 1. The lowest BCUT2D eigenvalue weighted by Gasteiger charge is -2.38. The van der Waals surface area contributed by atoms with E-state index >= 15 is 0 Å². The highest BCUT2D eigenvalue weighted by molar-refractivity contribution is 5.69. The van der Waals surface area contributed by atoms with Crippen molar-refractivity contribution in [2.75, 3.05) is 26.7 Å². The molecule has 1 unspecified atom stereocenters. The molecule has 1 rings (SSSR count). The van der Waals surface area contributed by atoms with Crippen molar-refractivity contribution in [3.8, 4) is 0 Å². The lowest BCUT2D eigenvalue weighted by molar-refractivity contribution is -0.142. The van der Waals surface area contributed by atoms with E-state index in [4.69, 9.17) is 0 Å². The Kier molecular flexibility index (Phi) is 4.35. The number of hydrogen-bond donors (Lipinski definition) is 1. The van der Waals surface area contributed by atoms with Crippen LogP contribution in [0.15, 0.2) is 0 Å². The number of nitrogens with one attached hydrogen (secondary N) is 1. The fourth-order valence-corrected chi connectivity index (χ4v) is 1.95. The number of rotatable bonds is 3. The van der Waals surface area contributed by atoms with Crippen LogP contribution in [0, 0.1) is 0 Å². The first-order valence-electron chi connectivity index (χ1n) is 5.18. The zero-order valence-electron chi connectivity index (χ0n) is 9.25. The van der Waals surface area contributed by atoms with Gasteiger partial charge < -0.3 is 10.1 Å². The molecule has 2 atom stereocenters. The largest absolute Gasteiger partial charge is 0.469 e. The number of carbonyl (C=O) groups excluding carboxylic acids is 1. The van der Waals surface area contributed by atoms with Crippen molar-refractivity contribution in [3.05, 3.63) is 0 Å². The van der Waals surface area contributed by atoms with Crippen LogP contribution in [0.4, 0.5) is 0 Å². The molecular formula is C10H20N2O2. The number of nitrogens with zero attached hydrogens (tertiary/aromatic N) is 1. The Morgan fingerprint density at radius 2 is 2.43 bits per heavy atom. The molecule has 0 saturated carbocycles. The van der Waals surface area contributed by atoms with Gasteiger partial charge in [-0.3, -0.25) is 9.69 Å². The molecule has 0 spiro atoms. The van der Waals surface area contributed by atoms with Gasteiger partial charge in [0.15, 0.2) is 0 Å². The van der Waals surface area contributed by atoms with E-state index in [0.717, 1.165) is 19.6 Å². The van der Waals surface area contributed by atoms with Crippen LogP contribution in [0.2, 0.25) is 0 Å². The van der Waals surface area contributed by atoms with Crippen molar-refractivity contribution in [2.24, 2.45) is 0 Å². The zero-order valence-corrected chi connectivity index (χ0v) is 9.25. The van der Waals surface area contributed by atoms with Gasteiger partial charge in [-0.1, -0.05) is 0 Å². The van der Waals surface area contributed by atoms with Crippen molar-refractivity contribution in [1.29, 1.82) is 0 Å². The maximum absolute atomic E-state index is 11.1. The van der Waals surface area contributed by atoms with Gasteiger partial charge >= 0.3 is 5.97 Å². The third-order valence-corrected chi connectivity index (χ3v) is 2.81. The van der Waals surface area contributed by atoms with Crippen LogP contribution in [0.5, 0.6) is 0 Å². The Morgan fingerprint density at radius 1 is 1.71 bits per heavy atom. The molecule has 4 heteroatoms. The third-order valence-electron chi connectivity index (χ3n) is 2.81. The highest BCUT2D eigenvalue weighted by atomic mass is 16.5. The maximum Gasteiger partial charge on any atom is 0.307 e. The molecule has 82 valence electrons. The van der Waals surface area contributed by atoms with E-state index in [9.17, 15) is 4.79 Å². The molecule has 0 radical (unpaired) electrons. The fourth-order valence-electron chi connectivity index (χ4n) is 1.95. The van der Waals surface area contributed by atoms with E-state index in [2.05, 4.69) is 28.8 Å². The van der Waals surface area contributed by atoms with E-state index in [1.54, 1.807) is 0 Å². The average Bonchev–Trinajstić information content (AvgIpc) is 2.18. The fraction of sp³-hybridized carbons (Fsp3) is 0.900. The molecule has 1 N–H and O–H groups in total. The van der Waals surface area contributed by atoms with Gasteiger partial charge in [0.05, 0.1) is 13.5 Å². The summed E-state index contributed by atoms with van der Waals surface area (Å²) in [5, 5.41) is 3.33. The number of ether oxygens (including phenoxy) is 1. The first-order valence-corrected chi connectivity index (χ1v) is 5.18. The predicted molar refractivity (Wildman–Crippen MR) is 55.1 cm³/mol. The lowest BCUT2D eigenvalue weighted by Crippen LogP contribution is -2.53. The Balaban J connectivity index is 2.41. The van der Waals surface area contributed by atoms with Gasteiger partial charge in [0.2, 0.25) is 0 Å². The van der Waals surface area contributed by atoms with Gasteiger partial charge in [-0.15, -0.1) is 0 Å². The number of piperazine rings is 1. The first-order chi connectivity index (χ1) is 6.65. The standard InChI is InChI=1S/C10H20N2O2/c1-8(6-10(13)14-3)12-5-4-11-7-9(12)2/h8-9,11H,4-7H2,1-3H3/t8?,9-/m1/s1. The second-order valence-corrected chi connectivity index (χ2v) is 3.92. The van der Waals surface area contributed by atoms with Crippen molar-refractivity contribution < 1.29 is 9.53 Å². The van der Waals surface area contributed by atoms with Gasteiger partial charge in [0.25, 0.3) is 0 Å². The predicted octanol–water partition coefficient (Wildman–Crippen LogP) is 0.232. The molecule has 0 aromatic rings. The molecule has 1 saturated heterocycles. The Bertz CT molecular complexity index is 197. The zero-order chi connectivity index (χ0) is 10.6. The van der Waals surface area contributed by atoms with Gasteiger partial charge in [-0.25, -0.2) is 0 Å². The lowest BCUT2D eigenvalue weighted by atomic mass is 10.1. The molecule has 0 aliphatic carbocycles. The van der Waals surface area contributed by atoms with Crippen LogP contribution in [-0.2, 0) is 9.53 Å². The van der Waals surface area contributed by atoms with Crippen LogP contribution in [0.25, 0.3) is 0 Å². The van der Waals surface area contributed by atoms with Crippen LogP contribution in [-0.4, -0.2) is 49.7 Å². The minimum absolute atomic E-state index is 0.122. The molecular weight excluding hydrogens is 180 g/mol. The number of carbonyl (C=O) groups is 1. The SMILES string of the molecule is COC(=O)CC(C)N1CCNC[C@H]1C. The Labute approximate surface area is 85.6 Å². The van der Waals surface area contributed by atoms with E-state index in [1.807, 2.05) is 0 Å². The smallest absolute Gasteiger partial charge is 0.307 e. The molecule has 1 heterocycles. The highest BCUT2D eigenvalue weighted by Crippen LogP contribution is 2.11. The normalized spacial score (nSPS) is 25.8. The molecule has 1 aliphatic heterocycles. The summed E-state index contributed by atoms with van der Waals surface area (Å²) in [4.78, 5) is 13.5. The summed E-state index contributed by atoms with van der Waals surface area (Å²) >= 11 is 0. The quantitative estimate of drug-likeness (QED) is 0.662. The minimum Gasteiger partial charge on any atom is -0.469 e. The third kappa shape index (κ3) is 2.96. The summed E-state index contributed by atoms with van der Waals surface area (Å²) in [5.74, 6) is -0.122. The maximum atomic E-state index is 11.1. The topological polar surface area (TPSA) is 41.6 Å². The molecule has 14 heavy (non-hydrogen) atoms. The molecule has 1 fully saturated rings. The van der Waals surface area contributed by atoms with Gasteiger partial charge in [0.1, 0.15) is 0 Å². The van der Waals surface area contributed by atoms with Crippen molar-refractivity contribution in [1.82, 2.24) is 10.2 Å². The monoisotopic (exact) mass is 200 g/mol. The summed E-state index contributed by atoms with van der Waals surface area (Å²) in [6, 6.07) is 0.781. The van der Waals surface area contributed by atoms with Crippen LogP contribution in [0.3, 0.4) is 0 Å². The Morgan fingerprint density at radius 3 is 3.00 bits per heavy atom. The van der Waals surface area contributed by atoms with E-state index in [0.29, 0.717) is 12.5 Å². The van der Waals surface area contributed by atoms with E-state index in [-0.39, 0.29) is 12.0 Å². The average molecular weight is 200 g/mol. The highest BCUT2D eigenvalue weighted by Gasteiger charge is 2.24. The van der Waals surface area contributed by atoms with Crippen LogP contribution >= 0.6 is 0 Å². The Hall–Kier alpha value is -0.610. The molecule has 0 aromatic carbocycles. The second kappa shape index (κ2) is 5.32. The number of methoxy groups -OCH3 is 1. The summed E-state index contributed by atoms with van der Waals surface area (Å²) in [6.45, 7) is 7.29. The van der Waals surface area contributed by atoms with Gasteiger partial charge in [0, 0.05) is 31.7 Å². The van der Waals surface area contributed by atoms with Crippen molar-refractivity contribution >= 4 is 5.97 Å². The van der Waals surface area contributed by atoms with Crippen molar-refractivity contribution in [3.63, 3.8) is 0 Å². The van der Waals surface area contributed by atoms with Gasteiger partial charge in [-0.2, -0.15) is 0 Å². The van der Waals surface area contributed by atoms with Gasteiger partial charge in [-0.05, 0) is 13.8 Å². The van der Waals surface area contributed by atoms with E-state index in [1.165, 1.54) is 7.11 Å². The minimum atomic E-state index is -0.122. The first kappa shape index (κ1) is 11.5. The molecule has 1 aliphatic rings.